The van der Waals surface area contributed by atoms with Crippen LogP contribution in [0.3, 0.4) is 0 Å². The summed E-state index contributed by atoms with van der Waals surface area (Å²) in [5.41, 5.74) is 32.1. The molecule has 99 heavy (non-hydrogen) atoms. The molecule has 16 aromatic rings. The van der Waals surface area contributed by atoms with Crippen molar-refractivity contribution in [2.24, 2.45) is 0 Å². The predicted molar refractivity (Wildman–Crippen MR) is 424 cm³/mol. The molecule has 0 N–H and O–H groups in total. The Kier molecular flexibility index (Phi) is 13.5. The summed E-state index contributed by atoms with van der Waals surface area (Å²) in [6.07, 6.45) is 6.15. The average Bonchev–Trinajstić information content (AvgIpc) is 1.69. The molecule has 0 atom stereocenters. The van der Waals surface area contributed by atoms with E-state index in [0.717, 1.165) is 38.5 Å². The van der Waals surface area contributed by atoms with Gasteiger partial charge in [-0.25, -0.2) is 0 Å². The lowest BCUT2D eigenvalue weighted by atomic mass is 9.72. The topological polar surface area (TPSA) is 0 Å². The molecule has 3 aliphatic rings. The second-order valence-corrected chi connectivity index (χ2v) is 28.6. The Morgan fingerprint density at radius 3 is 0.646 bits per heavy atom. The van der Waals surface area contributed by atoms with Crippen molar-refractivity contribution < 1.29 is 0 Å². The Morgan fingerprint density at radius 2 is 0.364 bits per heavy atom. The zero-order valence-electron chi connectivity index (χ0n) is 57.5. The highest BCUT2D eigenvalue weighted by Gasteiger charge is 2.44. The van der Waals surface area contributed by atoms with E-state index in [-0.39, 0.29) is 16.2 Å². The number of hydrogen-bond donors (Lipinski definition) is 0. The van der Waals surface area contributed by atoms with E-state index in [1.165, 1.54) is 198 Å². The van der Waals surface area contributed by atoms with Gasteiger partial charge in [-0.1, -0.05) is 302 Å². The highest BCUT2D eigenvalue weighted by molar-refractivity contribution is 6.30. The van der Waals surface area contributed by atoms with Crippen molar-refractivity contribution in [1.82, 2.24) is 0 Å². The minimum absolute atomic E-state index is 0.0248. The van der Waals surface area contributed by atoms with Gasteiger partial charge in [-0.3, -0.25) is 0 Å². The molecule has 0 aliphatic heterocycles. The van der Waals surface area contributed by atoms with Crippen LogP contribution < -0.4 is 0 Å². The van der Waals surface area contributed by atoms with Gasteiger partial charge in [0, 0.05) is 16.2 Å². The molecule has 16 aromatic carbocycles. The fourth-order valence-corrected chi connectivity index (χ4v) is 20.1. The molecule has 0 saturated carbocycles. The molecule has 0 saturated heterocycles. The van der Waals surface area contributed by atoms with Crippen molar-refractivity contribution in [3.8, 4) is 100 Å². The van der Waals surface area contributed by atoms with Crippen LogP contribution in [-0.2, 0) is 16.2 Å². The van der Waals surface area contributed by atoms with Crippen molar-refractivity contribution >= 4 is 64.6 Å². The molecule has 0 spiro atoms. The van der Waals surface area contributed by atoms with Gasteiger partial charge in [-0.05, 0) is 267 Å². The maximum absolute atomic E-state index is 2.61. The van der Waals surface area contributed by atoms with Crippen molar-refractivity contribution in [3.05, 3.63) is 325 Å². The largest absolute Gasteiger partial charge is 0.0642 e. The van der Waals surface area contributed by atoms with Crippen LogP contribution in [0.2, 0.25) is 0 Å². The molecule has 0 amide bonds. The molecule has 19 rings (SSSR count). The Bertz CT molecular complexity index is 5890. The maximum Gasteiger partial charge on any atom is 0.0210 e. The normalized spacial score (nSPS) is 14.2. The van der Waals surface area contributed by atoms with Gasteiger partial charge in [-0.15, -0.1) is 0 Å². The molecule has 0 radical (unpaired) electrons. The lowest BCUT2D eigenvalue weighted by molar-refractivity contribution is 0.490. The lowest BCUT2D eigenvalue weighted by Crippen LogP contribution is -2.23. The number of benzene rings is 16. The number of rotatable bonds is 12. The first-order valence-electron chi connectivity index (χ1n) is 36.5. The molecule has 3 aliphatic carbocycles. The molecular formula is C99H78. The van der Waals surface area contributed by atoms with E-state index >= 15 is 0 Å². The van der Waals surface area contributed by atoms with E-state index in [2.05, 4.69) is 333 Å². The first-order valence-corrected chi connectivity index (χ1v) is 36.5. The van der Waals surface area contributed by atoms with Crippen LogP contribution in [0.1, 0.15) is 113 Å². The summed E-state index contributed by atoms with van der Waals surface area (Å²) in [7, 11) is 0. The lowest BCUT2D eigenvalue weighted by Gasteiger charge is -2.31. The van der Waals surface area contributed by atoms with Crippen LogP contribution in [-0.4, -0.2) is 0 Å². The molecule has 0 bridgehead atoms. The average molecular weight is 1270 g/mol. The van der Waals surface area contributed by atoms with Crippen LogP contribution in [0.25, 0.3) is 165 Å². The molecule has 0 aromatic heterocycles. The van der Waals surface area contributed by atoms with E-state index < -0.39 is 0 Å². The minimum atomic E-state index is -0.174. The van der Waals surface area contributed by atoms with Crippen LogP contribution in [0.15, 0.2) is 291 Å². The van der Waals surface area contributed by atoms with Crippen molar-refractivity contribution in [3.63, 3.8) is 0 Å². The van der Waals surface area contributed by atoms with E-state index in [4.69, 9.17) is 0 Å². The monoisotopic (exact) mass is 1270 g/mol. The fraction of sp³-hybridized carbons (Fsp3) is 0.152. The van der Waals surface area contributed by atoms with Crippen molar-refractivity contribution in [2.75, 3.05) is 0 Å². The third-order valence-electron chi connectivity index (χ3n) is 24.9. The predicted octanol–water partition coefficient (Wildman–Crippen LogP) is 27.9. The fourth-order valence-electron chi connectivity index (χ4n) is 20.1. The molecule has 0 fully saturated rings. The molecule has 0 heteroatoms. The minimum Gasteiger partial charge on any atom is -0.0642 e. The molecule has 474 valence electrons. The van der Waals surface area contributed by atoms with E-state index in [1.54, 1.807) is 0 Å². The van der Waals surface area contributed by atoms with Crippen LogP contribution >= 0.6 is 0 Å². The first-order chi connectivity index (χ1) is 48.8. The SMILES string of the molecule is CCC1(CC)c2cc(-c3ccc4c(c3)C(CC)(CC)c3cc(-c5c6ccccc6c(-c6c7ccccc7c(-c7ccc8c(c7)C(CC)(CC)c7ccccc7-8)c7ccccc67)c6ccccc56)ccc3-4)ccc2-c2ccc(-c3c4ccccc4c(-c4ccccc4)c4ccccc34)cc21. The summed E-state index contributed by atoms with van der Waals surface area (Å²) < 4.78 is 0. The quantitative estimate of drug-likeness (QED) is 0.107. The second-order valence-electron chi connectivity index (χ2n) is 28.6. The summed E-state index contributed by atoms with van der Waals surface area (Å²) in [5.74, 6) is 0. The van der Waals surface area contributed by atoms with Crippen molar-refractivity contribution in [1.29, 1.82) is 0 Å². The third-order valence-corrected chi connectivity index (χ3v) is 24.9. The van der Waals surface area contributed by atoms with Crippen LogP contribution in [0.5, 0.6) is 0 Å². The second kappa shape index (κ2) is 22.6. The zero-order chi connectivity index (χ0) is 66.5. The van der Waals surface area contributed by atoms with Gasteiger partial charge in [-0.2, -0.15) is 0 Å². The summed E-state index contributed by atoms with van der Waals surface area (Å²) in [4.78, 5) is 0. The Hall–Kier alpha value is -10.9. The van der Waals surface area contributed by atoms with Crippen molar-refractivity contribution in [2.45, 2.75) is 96.3 Å². The van der Waals surface area contributed by atoms with E-state index in [0.29, 0.717) is 0 Å². The molecule has 0 unspecified atom stereocenters. The van der Waals surface area contributed by atoms with Gasteiger partial charge >= 0.3 is 0 Å². The third kappa shape index (κ3) is 8.21. The highest BCUT2D eigenvalue weighted by Crippen LogP contribution is 2.60. The van der Waals surface area contributed by atoms with Gasteiger partial charge in [0.1, 0.15) is 0 Å². The standard InChI is InChI=1S/C99H78/c1-7-97(8-2)85-45-29-28-32-67(85)68-53-48-64(58-88(68)97)93-77-37-20-24-41-81(77)95(82-42-25-21-38-78(82)93)96-83-43-26-22-39-79(83)94(80-40-23-27-44-84(80)96)66-50-55-72-70-52-47-63(57-87(70)99(11-5,12-6)90(72)60-66)62-46-51-69-71-54-49-65(59-89(71)98(9-3,10-4)86(69)56-62)92-75-35-18-16-33-73(75)91(61-30-14-13-15-31-61)74-34-17-19-36-76(74)92/h13-60H,7-12H2,1-6H3. The van der Waals surface area contributed by atoms with Gasteiger partial charge in [0.05, 0.1) is 0 Å². The molecular weight excluding hydrogens is 1190 g/mol. The first kappa shape index (κ1) is 59.4. The smallest absolute Gasteiger partial charge is 0.0210 e. The summed E-state index contributed by atoms with van der Waals surface area (Å²) >= 11 is 0. The number of hydrogen-bond acceptors (Lipinski definition) is 0. The summed E-state index contributed by atoms with van der Waals surface area (Å²) in [6, 6.07) is 113. The Morgan fingerprint density at radius 1 is 0.162 bits per heavy atom. The van der Waals surface area contributed by atoms with Crippen LogP contribution in [0, 0.1) is 0 Å². The zero-order valence-corrected chi connectivity index (χ0v) is 57.5. The Balaban J connectivity index is 0.718. The van der Waals surface area contributed by atoms with Gasteiger partial charge in [0.2, 0.25) is 0 Å². The maximum atomic E-state index is 2.61. The Labute approximate surface area is 581 Å². The van der Waals surface area contributed by atoms with Gasteiger partial charge in [0.15, 0.2) is 0 Å². The van der Waals surface area contributed by atoms with E-state index in [1.807, 2.05) is 0 Å². The summed E-state index contributed by atoms with van der Waals surface area (Å²) in [6.45, 7) is 14.4. The molecule has 0 nitrogen and oxygen atoms in total. The van der Waals surface area contributed by atoms with Crippen LogP contribution in [0.4, 0.5) is 0 Å². The summed E-state index contributed by atoms with van der Waals surface area (Å²) in [5, 5.41) is 15.4. The highest BCUT2D eigenvalue weighted by atomic mass is 14.5. The van der Waals surface area contributed by atoms with Gasteiger partial charge < -0.3 is 0 Å². The molecule has 0 heterocycles. The van der Waals surface area contributed by atoms with E-state index in [9.17, 15) is 0 Å². The number of fused-ring (bicyclic) bond motifs is 15. The van der Waals surface area contributed by atoms with Gasteiger partial charge in [0.25, 0.3) is 0 Å².